The van der Waals surface area contributed by atoms with E-state index in [1.807, 2.05) is 31.2 Å². The Labute approximate surface area is 150 Å². The summed E-state index contributed by atoms with van der Waals surface area (Å²) in [6.45, 7) is 2.43. The van der Waals surface area contributed by atoms with Gasteiger partial charge in [0.15, 0.2) is 5.75 Å². The van der Waals surface area contributed by atoms with Crippen LogP contribution in [0.15, 0.2) is 42.7 Å². The molecule has 4 rings (SSSR count). The van der Waals surface area contributed by atoms with Gasteiger partial charge in [-0.3, -0.25) is 14.5 Å². The average Bonchev–Trinajstić information content (AvgIpc) is 3.19. The van der Waals surface area contributed by atoms with E-state index in [0.29, 0.717) is 17.9 Å². The minimum atomic E-state index is -0.742. The molecule has 3 aromatic rings. The average molecular weight is 352 g/mol. The molecule has 26 heavy (non-hydrogen) atoms. The minimum Gasteiger partial charge on any atom is -0.482 e. The highest BCUT2D eigenvalue weighted by atomic mass is 16.5. The zero-order valence-corrected chi connectivity index (χ0v) is 14.7. The van der Waals surface area contributed by atoms with Crippen molar-refractivity contribution in [2.24, 2.45) is 7.05 Å². The van der Waals surface area contributed by atoms with Gasteiger partial charge in [0.2, 0.25) is 0 Å². The van der Waals surface area contributed by atoms with Crippen LogP contribution in [-0.4, -0.2) is 56.0 Å². The molecule has 1 saturated heterocycles. The van der Waals surface area contributed by atoms with E-state index in [2.05, 4.69) is 10.1 Å². The van der Waals surface area contributed by atoms with E-state index in [1.54, 1.807) is 35.1 Å². The second kappa shape index (κ2) is 6.42. The lowest BCUT2D eigenvalue weighted by Crippen LogP contribution is -2.31. The Hall–Kier alpha value is -2.93. The largest absolute Gasteiger partial charge is 0.482 e. The molecule has 0 aliphatic carbocycles. The molecule has 7 heteroatoms. The van der Waals surface area contributed by atoms with Crippen LogP contribution in [0.1, 0.15) is 16.1 Å². The van der Waals surface area contributed by atoms with Crippen molar-refractivity contribution in [3.63, 3.8) is 0 Å². The van der Waals surface area contributed by atoms with E-state index < -0.39 is 12.2 Å². The van der Waals surface area contributed by atoms with Crippen LogP contribution < -0.4 is 4.74 Å². The van der Waals surface area contributed by atoms with Crippen LogP contribution in [0.5, 0.6) is 5.75 Å². The number of rotatable bonds is 3. The lowest BCUT2D eigenvalue weighted by molar-refractivity contribution is 0.0729. The number of nitrogens with zero attached hydrogens (tertiary/aromatic N) is 4. The number of ether oxygens (including phenoxy) is 1. The topological polar surface area (TPSA) is 80.5 Å². The first kappa shape index (κ1) is 16.5. The lowest BCUT2D eigenvalue weighted by Gasteiger charge is -2.17. The molecule has 7 nitrogen and oxygen atoms in total. The van der Waals surface area contributed by atoms with Crippen LogP contribution in [0.4, 0.5) is 0 Å². The third kappa shape index (κ3) is 3.01. The molecule has 0 bridgehead atoms. The normalized spacial score (nSPS) is 19.9. The molecule has 0 unspecified atom stereocenters. The van der Waals surface area contributed by atoms with Gasteiger partial charge < -0.3 is 14.7 Å². The van der Waals surface area contributed by atoms with Crippen molar-refractivity contribution in [1.29, 1.82) is 0 Å². The number of para-hydroxylation sites is 1. The molecule has 134 valence electrons. The van der Waals surface area contributed by atoms with Gasteiger partial charge in [-0.25, -0.2) is 0 Å². The first-order valence-electron chi connectivity index (χ1n) is 8.50. The lowest BCUT2D eigenvalue weighted by atomic mass is 10.1. The highest BCUT2D eigenvalue weighted by Crippen LogP contribution is 2.24. The SMILES string of the molecule is Cc1cc(C(=O)N2C[C@@H](O)[C@H](Oc3cnn(C)c3)C2)c2ccccc2n1. The predicted octanol–water partition coefficient (Wildman–Crippen LogP) is 1.54. The number of carbonyl (C=O) groups excluding carboxylic acids is 1. The van der Waals surface area contributed by atoms with Crippen LogP contribution in [0.25, 0.3) is 10.9 Å². The molecule has 1 aliphatic heterocycles. The van der Waals surface area contributed by atoms with Gasteiger partial charge in [-0.2, -0.15) is 5.10 Å². The van der Waals surface area contributed by atoms with E-state index in [4.69, 9.17) is 4.74 Å². The van der Waals surface area contributed by atoms with Gasteiger partial charge in [-0.05, 0) is 19.1 Å². The number of likely N-dealkylation sites (tertiary alicyclic amines) is 1. The van der Waals surface area contributed by atoms with Crippen molar-refractivity contribution in [2.75, 3.05) is 13.1 Å². The van der Waals surface area contributed by atoms with Gasteiger partial charge in [-0.15, -0.1) is 0 Å². The van der Waals surface area contributed by atoms with Crippen molar-refractivity contribution in [3.8, 4) is 5.75 Å². The number of β-amino-alcohol motifs (C(OH)–C–C–N with tert-alkyl or cyclic N) is 1. The van der Waals surface area contributed by atoms with Crippen LogP contribution in [-0.2, 0) is 7.05 Å². The van der Waals surface area contributed by atoms with Crippen LogP contribution in [0.3, 0.4) is 0 Å². The van der Waals surface area contributed by atoms with E-state index in [0.717, 1.165) is 16.6 Å². The zero-order chi connectivity index (χ0) is 18.3. The maximum absolute atomic E-state index is 13.1. The summed E-state index contributed by atoms with van der Waals surface area (Å²) < 4.78 is 7.43. The molecule has 3 heterocycles. The summed E-state index contributed by atoms with van der Waals surface area (Å²) in [5.74, 6) is 0.457. The number of fused-ring (bicyclic) bond motifs is 1. The fourth-order valence-electron chi connectivity index (χ4n) is 3.33. The third-order valence-corrected chi connectivity index (χ3v) is 4.57. The number of aliphatic hydroxyl groups excluding tert-OH is 1. The molecular formula is C19H20N4O3. The van der Waals surface area contributed by atoms with Crippen molar-refractivity contribution < 1.29 is 14.6 Å². The molecular weight excluding hydrogens is 332 g/mol. The fourth-order valence-corrected chi connectivity index (χ4v) is 3.33. The number of aryl methyl sites for hydroxylation is 2. The number of aliphatic hydroxyl groups is 1. The van der Waals surface area contributed by atoms with Gasteiger partial charge in [0.1, 0.15) is 12.2 Å². The molecule has 0 spiro atoms. The van der Waals surface area contributed by atoms with E-state index in [1.165, 1.54) is 0 Å². The first-order chi connectivity index (χ1) is 12.5. The number of amides is 1. The Morgan fingerprint density at radius 3 is 2.88 bits per heavy atom. The monoisotopic (exact) mass is 352 g/mol. The molecule has 2 atom stereocenters. The maximum atomic E-state index is 13.1. The maximum Gasteiger partial charge on any atom is 0.254 e. The molecule has 1 aliphatic rings. The predicted molar refractivity (Wildman–Crippen MR) is 96.0 cm³/mol. The summed E-state index contributed by atoms with van der Waals surface area (Å²) in [5.41, 5.74) is 2.18. The minimum absolute atomic E-state index is 0.122. The van der Waals surface area contributed by atoms with Crippen molar-refractivity contribution in [1.82, 2.24) is 19.7 Å². The Morgan fingerprint density at radius 2 is 2.12 bits per heavy atom. The fraction of sp³-hybridized carbons (Fsp3) is 0.316. The zero-order valence-electron chi connectivity index (χ0n) is 14.7. The number of hydrogen-bond donors (Lipinski definition) is 1. The van der Waals surface area contributed by atoms with Gasteiger partial charge in [0, 0.05) is 18.1 Å². The standard InChI is InChI=1S/C19H20N4O3/c1-12-7-15(14-5-3-4-6-16(14)21-12)19(25)23-10-17(24)18(11-23)26-13-8-20-22(2)9-13/h3-9,17-18,24H,10-11H2,1-2H3/t17-,18-/m1/s1. The molecule has 1 amide bonds. The molecule has 0 radical (unpaired) electrons. The van der Waals surface area contributed by atoms with Crippen LogP contribution in [0, 0.1) is 6.92 Å². The summed E-state index contributed by atoms with van der Waals surface area (Å²) >= 11 is 0. The molecule has 0 saturated carbocycles. The van der Waals surface area contributed by atoms with E-state index in [9.17, 15) is 9.90 Å². The van der Waals surface area contributed by atoms with Gasteiger partial charge in [0.25, 0.3) is 5.91 Å². The first-order valence-corrected chi connectivity index (χ1v) is 8.50. The number of benzene rings is 1. The van der Waals surface area contributed by atoms with Crippen molar-refractivity contribution in [3.05, 3.63) is 54.0 Å². The molecule has 1 N–H and O–H groups in total. The Kier molecular flexibility index (Phi) is 4.08. The number of carbonyl (C=O) groups is 1. The summed E-state index contributed by atoms with van der Waals surface area (Å²) in [7, 11) is 1.80. The van der Waals surface area contributed by atoms with Crippen molar-refractivity contribution >= 4 is 16.8 Å². The second-order valence-corrected chi connectivity index (χ2v) is 6.61. The number of hydrogen-bond acceptors (Lipinski definition) is 5. The second-order valence-electron chi connectivity index (χ2n) is 6.61. The van der Waals surface area contributed by atoms with Crippen LogP contribution >= 0.6 is 0 Å². The number of aromatic nitrogens is 3. The highest BCUT2D eigenvalue weighted by molar-refractivity contribution is 6.06. The highest BCUT2D eigenvalue weighted by Gasteiger charge is 2.36. The van der Waals surface area contributed by atoms with Crippen molar-refractivity contribution in [2.45, 2.75) is 19.1 Å². The number of pyridine rings is 1. The van der Waals surface area contributed by atoms with Gasteiger partial charge >= 0.3 is 0 Å². The van der Waals surface area contributed by atoms with E-state index >= 15 is 0 Å². The Morgan fingerprint density at radius 1 is 1.31 bits per heavy atom. The quantitative estimate of drug-likeness (QED) is 0.773. The molecule has 2 aromatic heterocycles. The van der Waals surface area contributed by atoms with Crippen LogP contribution in [0.2, 0.25) is 0 Å². The molecule has 1 aromatic carbocycles. The van der Waals surface area contributed by atoms with Gasteiger partial charge in [0.05, 0.1) is 36.6 Å². The smallest absolute Gasteiger partial charge is 0.254 e. The Balaban J connectivity index is 1.58. The summed E-state index contributed by atoms with van der Waals surface area (Å²) in [5, 5.41) is 15.2. The van der Waals surface area contributed by atoms with Gasteiger partial charge in [-0.1, -0.05) is 18.2 Å². The summed E-state index contributed by atoms with van der Waals surface area (Å²) in [6.07, 6.45) is 2.11. The third-order valence-electron chi connectivity index (χ3n) is 4.57. The summed E-state index contributed by atoms with van der Waals surface area (Å²) in [6, 6.07) is 9.38. The summed E-state index contributed by atoms with van der Waals surface area (Å²) in [4.78, 5) is 19.2. The molecule has 1 fully saturated rings. The van der Waals surface area contributed by atoms with E-state index in [-0.39, 0.29) is 12.5 Å². The Bertz CT molecular complexity index is 968.